The molecule has 0 unspecified atom stereocenters. The van der Waals surface area contributed by atoms with Gasteiger partial charge in [0.05, 0.1) is 0 Å². The molecule has 0 saturated carbocycles. The van der Waals surface area contributed by atoms with Crippen molar-refractivity contribution in [1.82, 2.24) is 5.32 Å². The smallest absolute Gasteiger partial charge is 0.330 e. The van der Waals surface area contributed by atoms with E-state index in [-0.39, 0.29) is 24.5 Å². The minimum absolute atomic E-state index is 0.0468. The highest BCUT2D eigenvalue weighted by atomic mass is 16.5. The summed E-state index contributed by atoms with van der Waals surface area (Å²) in [4.78, 5) is 23.0. The Hall–Kier alpha value is -2.14. The highest BCUT2D eigenvalue weighted by Gasteiger charge is 2.25. The molecule has 1 aromatic rings. The van der Waals surface area contributed by atoms with E-state index in [1.54, 1.807) is 6.08 Å². The Morgan fingerprint density at radius 2 is 2.19 bits per heavy atom. The van der Waals surface area contributed by atoms with Gasteiger partial charge in [-0.25, -0.2) is 4.79 Å². The van der Waals surface area contributed by atoms with E-state index in [9.17, 15) is 9.59 Å². The lowest BCUT2D eigenvalue weighted by Gasteiger charge is -2.10. The second-order valence-electron chi connectivity index (χ2n) is 5.13. The third-order valence-electron chi connectivity index (χ3n) is 3.42. The van der Waals surface area contributed by atoms with Crippen molar-refractivity contribution in [3.63, 3.8) is 0 Å². The molecule has 0 aromatic heterocycles. The summed E-state index contributed by atoms with van der Waals surface area (Å²) < 4.78 is 5.11. The van der Waals surface area contributed by atoms with Crippen molar-refractivity contribution in [3.05, 3.63) is 48.0 Å². The van der Waals surface area contributed by atoms with E-state index < -0.39 is 5.97 Å². The summed E-state index contributed by atoms with van der Waals surface area (Å²) in [6.45, 7) is 0.948. The van der Waals surface area contributed by atoms with Gasteiger partial charge < -0.3 is 15.8 Å². The Morgan fingerprint density at radius 3 is 2.86 bits per heavy atom. The molecule has 1 heterocycles. The summed E-state index contributed by atoms with van der Waals surface area (Å²) in [5.41, 5.74) is 6.83. The summed E-state index contributed by atoms with van der Waals surface area (Å²) in [6.07, 6.45) is 4.28. The van der Waals surface area contributed by atoms with Crippen LogP contribution in [0.3, 0.4) is 0 Å². The quantitative estimate of drug-likeness (QED) is 0.607. The first-order valence-electron chi connectivity index (χ1n) is 7.07. The maximum atomic E-state index is 11.6. The number of hydrogen-bond acceptors (Lipinski definition) is 4. The molecular formula is C16H20N2O3. The fraction of sp³-hybridized carbons (Fsp3) is 0.375. The van der Waals surface area contributed by atoms with Gasteiger partial charge in [-0.3, -0.25) is 4.79 Å². The molecule has 0 bridgehead atoms. The van der Waals surface area contributed by atoms with Gasteiger partial charge in [-0.2, -0.15) is 0 Å². The lowest BCUT2D eigenvalue weighted by molar-refractivity contribution is -0.139. The topological polar surface area (TPSA) is 81.4 Å². The SMILES string of the molecule is N[C@H](/C=C/C(=O)OCc1ccccc1)C[C@@H]1CCNC1=O. The number of esters is 1. The molecule has 1 aliphatic rings. The Morgan fingerprint density at radius 1 is 1.43 bits per heavy atom. The van der Waals surface area contributed by atoms with Crippen LogP contribution in [0.2, 0.25) is 0 Å². The molecule has 112 valence electrons. The van der Waals surface area contributed by atoms with Gasteiger partial charge in [-0.1, -0.05) is 36.4 Å². The maximum absolute atomic E-state index is 11.6. The van der Waals surface area contributed by atoms with Crippen LogP contribution in [-0.2, 0) is 20.9 Å². The second-order valence-corrected chi connectivity index (χ2v) is 5.13. The molecule has 1 aromatic carbocycles. The standard InChI is InChI=1S/C16H20N2O3/c17-14(10-13-8-9-18-16(13)20)6-7-15(19)21-11-12-4-2-1-3-5-12/h1-7,13-14H,8-11,17H2,(H,18,20)/b7-6+/t13-,14+/m0/s1. The number of nitrogens with two attached hydrogens (primary N) is 1. The van der Waals surface area contributed by atoms with Crippen LogP contribution >= 0.6 is 0 Å². The zero-order valence-corrected chi connectivity index (χ0v) is 11.8. The van der Waals surface area contributed by atoms with Crippen LogP contribution in [-0.4, -0.2) is 24.5 Å². The van der Waals surface area contributed by atoms with Crippen molar-refractivity contribution in [1.29, 1.82) is 0 Å². The van der Waals surface area contributed by atoms with Crippen molar-refractivity contribution in [3.8, 4) is 0 Å². The van der Waals surface area contributed by atoms with E-state index in [0.29, 0.717) is 13.0 Å². The average Bonchev–Trinajstić information content (AvgIpc) is 2.89. The van der Waals surface area contributed by atoms with Crippen LogP contribution in [0.1, 0.15) is 18.4 Å². The molecular weight excluding hydrogens is 268 g/mol. The number of amides is 1. The minimum atomic E-state index is -0.426. The van der Waals surface area contributed by atoms with E-state index in [0.717, 1.165) is 12.0 Å². The van der Waals surface area contributed by atoms with Crippen molar-refractivity contribution in [2.75, 3.05) is 6.54 Å². The first kappa shape index (κ1) is 15.3. The molecule has 0 spiro atoms. The number of benzene rings is 1. The fourth-order valence-electron chi connectivity index (χ4n) is 2.26. The first-order valence-corrected chi connectivity index (χ1v) is 7.07. The van der Waals surface area contributed by atoms with Gasteiger partial charge in [0.2, 0.25) is 5.91 Å². The van der Waals surface area contributed by atoms with Gasteiger partial charge in [0.15, 0.2) is 0 Å². The summed E-state index contributed by atoms with van der Waals surface area (Å²) in [6, 6.07) is 9.15. The third-order valence-corrected chi connectivity index (χ3v) is 3.42. The van der Waals surface area contributed by atoms with Gasteiger partial charge >= 0.3 is 5.97 Å². The lowest BCUT2D eigenvalue weighted by atomic mass is 9.99. The number of carbonyl (C=O) groups excluding carboxylic acids is 2. The summed E-state index contributed by atoms with van der Waals surface area (Å²) in [5.74, 6) is -0.430. The number of carbonyl (C=O) groups is 2. The molecule has 5 heteroatoms. The number of rotatable bonds is 6. The molecule has 1 saturated heterocycles. The van der Waals surface area contributed by atoms with E-state index in [4.69, 9.17) is 10.5 Å². The molecule has 3 N–H and O–H groups in total. The Balaban J connectivity index is 1.72. The highest BCUT2D eigenvalue weighted by molar-refractivity contribution is 5.82. The van der Waals surface area contributed by atoms with Crippen LogP contribution < -0.4 is 11.1 Å². The van der Waals surface area contributed by atoms with Crippen LogP contribution in [0.4, 0.5) is 0 Å². The molecule has 0 aliphatic carbocycles. The number of ether oxygens (including phenoxy) is 1. The van der Waals surface area contributed by atoms with E-state index in [1.807, 2.05) is 30.3 Å². The monoisotopic (exact) mass is 288 g/mol. The summed E-state index contributed by atoms with van der Waals surface area (Å²) in [5, 5.41) is 2.77. The zero-order valence-electron chi connectivity index (χ0n) is 11.8. The average molecular weight is 288 g/mol. The molecule has 5 nitrogen and oxygen atoms in total. The predicted molar refractivity (Wildman–Crippen MR) is 79.1 cm³/mol. The van der Waals surface area contributed by atoms with E-state index in [2.05, 4.69) is 5.32 Å². The van der Waals surface area contributed by atoms with Crippen molar-refractivity contribution >= 4 is 11.9 Å². The maximum Gasteiger partial charge on any atom is 0.330 e. The first-order chi connectivity index (χ1) is 10.1. The summed E-state index contributed by atoms with van der Waals surface area (Å²) >= 11 is 0. The highest BCUT2D eigenvalue weighted by Crippen LogP contribution is 2.15. The van der Waals surface area contributed by atoms with Crippen molar-refractivity contribution < 1.29 is 14.3 Å². The Kier molecular flexibility index (Phi) is 5.51. The molecule has 0 radical (unpaired) electrons. The third kappa shape index (κ3) is 5.04. The molecule has 2 atom stereocenters. The largest absolute Gasteiger partial charge is 0.458 e. The predicted octanol–water partition coefficient (Wildman–Crippen LogP) is 1.14. The van der Waals surface area contributed by atoms with Gasteiger partial charge in [0.1, 0.15) is 6.61 Å². The second kappa shape index (κ2) is 7.59. The molecule has 1 aliphatic heterocycles. The fourth-order valence-corrected chi connectivity index (χ4v) is 2.26. The summed E-state index contributed by atoms with van der Waals surface area (Å²) in [7, 11) is 0. The Bertz CT molecular complexity index is 514. The molecule has 1 fully saturated rings. The number of nitrogens with one attached hydrogen (secondary N) is 1. The molecule has 1 amide bonds. The van der Waals surface area contributed by atoms with E-state index >= 15 is 0 Å². The lowest BCUT2D eigenvalue weighted by Crippen LogP contribution is -2.26. The minimum Gasteiger partial charge on any atom is -0.458 e. The van der Waals surface area contributed by atoms with Crippen LogP contribution in [0, 0.1) is 5.92 Å². The molecule has 2 rings (SSSR count). The zero-order chi connectivity index (χ0) is 15.1. The van der Waals surface area contributed by atoms with Crippen LogP contribution in [0.15, 0.2) is 42.5 Å². The van der Waals surface area contributed by atoms with Gasteiger partial charge in [-0.05, 0) is 18.4 Å². The van der Waals surface area contributed by atoms with E-state index in [1.165, 1.54) is 6.08 Å². The van der Waals surface area contributed by atoms with Crippen molar-refractivity contribution in [2.45, 2.75) is 25.5 Å². The van der Waals surface area contributed by atoms with Gasteiger partial charge in [-0.15, -0.1) is 0 Å². The normalized spacial score (nSPS) is 19.5. The number of hydrogen-bond donors (Lipinski definition) is 2. The molecule has 21 heavy (non-hydrogen) atoms. The van der Waals surface area contributed by atoms with Crippen molar-refractivity contribution in [2.24, 2.45) is 11.7 Å². The van der Waals surface area contributed by atoms with Crippen LogP contribution in [0.5, 0.6) is 0 Å². The van der Waals surface area contributed by atoms with Gasteiger partial charge in [0, 0.05) is 24.6 Å². The van der Waals surface area contributed by atoms with Crippen LogP contribution in [0.25, 0.3) is 0 Å². The Labute approximate surface area is 124 Å². The van der Waals surface area contributed by atoms with Gasteiger partial charge in [0.25, 0.3) is 0 Å².